The Labute approximate surface area is 131 Å². The molecule has 0 N–H and O–H groups in total. The quantitative estimate of drug-likeness (QED) is 0.859. The molecule has 0 aromatic carbocycles. The summed E-state index contributed by atoms with van der Waals surface area (Å²) < 4.78 is 11.9. The molecule has 0 bridgehead atoms. The van der Waals surface area contributed by atoms with Gasteiger partial charge in [0.2, 0.25) is 0 Å². The van der Waals surface area contributed by atoms with Crippen molar-refractivity contribution >= 4 is 5.91 Å². The maximum atomic E-state index is 12.5. The van der Waals surface area contributed by atoms with Crippen LogP contribution in [0.2, 0.25) is 0 Å². The first-order chi connectivity index (χ1) is 10.7. The van der Waals surface area contributed by atoms with E-state index in [1.54, 1.807) is 24.5 Å². The molecule has 1 spiro atoms. The highest BCUT2D eigenvalue weighted by Crippen LogP contribution is 2.36. The number of likely N-dealkylation sites (tertiary alicyclic amines) is 1. The lowest BCUT2D eigenvalue weighted by molar-refractivity contribution is -0.151. The molecule has 2 aliphatic heterocycles. The molecule has 2 aliphatic rings. The molecule has 0 saturated carbocycles. The van der Waals surface area contributed by atoms with Crippen molar-refractivity contribution in [1.82, 2.24) is 9.88 Å². The highest BCUT2D eigenvalue weighted by Gasteiger charge is 2.41. The molecule has 0 radical (unpaired) electrons. The summed E-state index contributed by atoms with van der Waals surface area (Å²) in [6, 6.07) is 3.55. The Morgan fingerprint density at radius 1 is 1.41 bits per heavy atom. The molecular formula is C17H24N2O3. The average Bonchev–Trinajstić information content (AvgIpc) is 2.56. The number of ether oxygens (including phenoxy) is 2. The van der Waals surface area contributed by atoms with Gasteiger partial charge in [-0.05, 0) is 38.3 Å². The molecule has 2 fully saturated rings. The Bertz CT molecular complexity index is 496. The van der Waals surface area contributed by atoms with E-state index in [1.807, 2.05) is 11.8 Å². The molecule has 120 valence electrons. The topological polar surface area (TPSA) is 51.7 Å². The molecule has 22 heavy (non-hydrogen) atoms. The van der Waals surface area contributed by atoms with E-state index in [0.717, 1.165) is 52.0 Å². The summed E-state index contributed by atoms with van der Waals surface area (Å²) in [6.45, 7) is 5.06. The van der Waals surface area contributed by atoms with Crippen molar-refractivity contribution in [1.29, 1.82) is 0 Å². The third-order valence-corrected chi connectivity index (χ3v) is 4.74. The Kier molecular flexibility index (Phi) is 4.74. The van der Waals surface area contributed by atoms with Crippen molar-refractivity contribution in [2.75, 3.05) is 26.3 Å². The second-order valence-corrected chi connectivity index (χ2v) is 6.13. The van der Waals surface area contributed by atoms with Gasteiger partial charge >= 0.3 is 0 Å². The van der Waals surface area contributed by atoms with Gasteiger partial charge in [0, 0.05) is 50.7 Å². The molecule has 5 heteroatoms. The second kappa shape index (κ2) is 6.75. The van der Waals surface area contributed by atoms with E-state index >= 15 is 0 Å². The van der Waals surface area contributed by atoms with E-state index in [9.17, 15) is 4.79 Å². The first-order valence-corrected chi connectivity index (χ1v) is 8.17. The van der Waals surface area contributed by atoms with Gasteiger partial charge in [0.15, 0.2) is 0 Å². The monoisotopic (exact) mass is 304 g/mol. The normalized spacial score (nSPS) is 24.4. The fourth-order valence-electron chi connectivity index (χ4n) is 3.50. The lowest BCUT2D eigenvalue weighted by Crippen LogP contribution is -2.52. The third-order valence-electron chi connectivity index (χ3n) is 4.74. The number of aromatic nitrogens is 1. The van der Waals surface area contributed by atoms with E-state index in [2.05, 4.69) is 4.98 Å². The van der Waals surface area contributed by atoms with Crippen molar-refractivity contribution in [3.8, 4) is 0 Å². The number of carbonyl (C=O) groups excluding carboxylic acids is 1. The standard InChI is InChI=1S/C17H24N2O3/c1-2-21-15-5-12-22-17(13-15)6-10-19(11-7-17)16(20)14-3-8-18-9-4-14/h3-4,8-9,15H,2,5-7,10-13H2,1H3. The second-order valence-electron chi connectivity index (χ2n) is 6.13. The van der Waals surface area contributed by atoms with Gasteiger partial charge in [0.1, 0.15) is 0 Å². The summed E-state index contributed by atoms with van der Waals surface area (Å²) in [4.78, 5) is 18.4. The molecule has 1 aromatic heterocycles. The van der Waals surface area contributed by atoms with Crippen LogP contribution in [-0.2, 0) is 9.47 Å². The van der Waals surface area contributed by atoms with Crippen LogP contribution in [0, 0.1) is 0 Å². The maximum Gasteiger partial charge on any atom is 0.253 e. The molecule has 1 amide bonds. The van der Waals surface area contributed by atoms with E-state index in [0.29, 0.717) is 11.7 Å². The number of piperidine rings is 1. The molecule has 1 aromatic rings. The minimum Gasteiger partial charge on any atom is -0.378 e. The van der Waals surface area contributed by atoms with E-state index in [-0.39, 0.29) is 11.5 Å². The van der Waals surface area contributed by atoms with Gasteiger partial charge in [-0.2, -0.15) is 0 Å². The van der Waals surface area contributed by atoms with Crippen molar-refractivity contribution < 1.29 is 14.3 Å². The Morgan fingerprint density at radius 2 is 2.14 bits per heavy atom. The number of carbonyl (C=O) groups is 1. The first-order valence-electron chi connectivity index (χ1n) is 8.17. The summed E-state index contributed by atoms with van der Waals surface area (Å²) in [5.41, 5.74) is 0.621. The van der Waals surface area contributed by atoms with Crippen LogP contribution >= 0.6 is 0 Å². The number of hydrogen-bond acceptors (Lipinski definition) is 4. The predicted octanol–water partition coefficient (Wildman–Crippen LogP) is 2.27. The molecule has 3 heterocycles. The van der Waals surface area contributed by atoms with E-state index < -0.39 is 0 Å². The van der Waals surface area contributed by atoms with Gasteiger partial charge in [0.25, 0.3) is 5.91 Å². The fourth-order valence-corrected chi connectivity index (χ4v) is 3.50. The van der Waals surface area contributed by atoms with Crippen LogP contribution in [0.25, 0.3) is 0 Å². The molecular weight excluding hydrogens is 280 g/mol. The summed E-state index contributed by atoms with van der Waals surface area (Å²) in [6.07, 6.45) is 7.36. The zero-order valence-electron chi connectivity index (χ0n) is 13.2. The van der Waals surface area contributed by atoms with Crippen LogP contribution in [-0.4, -0.2) is 53.8 Å². The summed E-state index contributed by atoms with van der Waals surface area (Å²) in [7, 11) is 0. The van der Waals surface area contributed by atoms with E-state index in [4.69, 9.17) is 9.47 Å². The van der Waals surface area contributed by atoms with Crippen molar-refractivity contribution in [3.05, 3.63) is 30.1 Å². The maximum absolute atomic E-state index is 12.5. The van der Waals surface area contributed by atoms with Gasteiger partial charge in [-0.3, -0.25) is 9.78 Å². The number of hydrogen-bond donors (Lipinski definition) is 0. The molecule has 1 atom stereocenters. The zero-order valence-corrected chi connectivity index (χ0v) is 13.2. The van der Waals surface area contributed by atoms with Gasteiger partial charge in [-0.15, -0.1) is 0 Å². The van der Waals surface area contributed by atoms with Crippen LogP contribution in [0.1, 0.15) is 43.0 Å². The Hall–Kier alpha value is -1.46. The lowest BCUT2D eigenvalue weighted by atomic mass is 9.83. The summed E-state index contributed by atoms with van der Waals surface area (Å²) in [5.74, 6) is 0.0921. The van der Waals surface area contributed by atoms with Crippen LogP contribution < -0.4 is 0 Å². The zero-order chi connectivity index (χ0) is 15.4. The van der Waals surface area contributed by atoms with Crippen molar-refractivity contribution in [2.24, 2.45) is 0 Å². The van der Waals surface area contributed by atoms with Crippen LogP contribution in [0.4, 0.5) is 0 Å². The van der Waals surface area contributed by atoms with Gasteiger partial charge in [-0.25, -0.2) is 0 Å². The predicted molar refractivity (Wildman–Crippen MR) is 82.7 cm³/mol. The Balaban J connectivity index is 1.59. The number of pyridine rings is 1. The highest BCUT2D eigenvalue weighted by molar-refractivity contribution is 5.94. The van der Waals surface area contributed by atoms with Crippen LogP contribution in [0.5, 0.6) is 0 Å². The van der Waals surface area contributed by atoms with Crippen LogP contribution in [0.15, 0.2) is 24.5 Å². The number of nitrogens with zero attached hydrogens (tertiary/aromatic N) is 2. The molecule has 5 nitrogen and oxygen atoms in total. The first kappa shape index (κ1) is 15.4. The number of amides is 1. The summed E-state index contributed by atoms with van der Waals surface area (Å²) >= 11 is 0. The fraction of sp³-hybridized carbons (Fsp3) is 0.647. The third kappa shape index (κ3) is 3.31. The molecule has 0 aliphatic carbocycles. The number of rotatable bonds is 3. The van der Waals surface area contributed by atoms with E-state index in [1.165, 1.54) is 0 Å². The van der Waals surface area contributed by atoms with Gasteiger partial charge in [0.05, 0.1) is 11.7 Å². The van der Waals surface area contributed by atoms with Gasteiger partial charge in [-0.1, -0.05) is 0 Å². The van der Waals surface area contributed by atoms with Gasteiger partial charge < -0.3 is 14.4 Å². The minimum atomic E-state index is -0.0902. The van der Waals surface area contributed by atoms with Crippen LogP contribution in [0.3, 0.4) is 0 Å². The lowest BCUT2D eigenvalue weighted by Gasteiger charge is -2.46. The van der Waals surface area contributed by atoms with Crippen molar-refractivity contribution in [2.45, 2.75) is 44.3 Å². The largest absolute Gasteiger partial charge is 0.378 e. The van der Waals surface area contributed by atoms with Crippen molar-refractivity contribution in [3.63, 3.8) is 0 Å². The minimum absolute atomic E-state index is 0.0902. The smallest absolute Gasteiger partial charge is 0.253 e. The average molecular weight is 304 g/mol. The molecule has 2 saturated heterocycles. The summed E-state index contributed by atoms with van der Waals surface area (Å²) in [5, 5.41) is 0. The highest BCUT2D eigenvalue weighted by atomic mass is 16.5. The Morgan fingerprint density at radius 3 is 2.82 bits per heavy atom. The molecule has 1 unspecified atom stereocenters. The SMILES string of the molecule is CCOC1CCOC2(CCN(C(=O)c3ccncc3)CC2)C1. The molecule has 3 rings (SSSR count).